The lowest BCUT2D eigenvalue weighted by Gasteiger charge is -2.03. The van der Waals surface area contributed by atoms with E-state index in [1.807, 2.05) is 6.92 Å². The van der Waals surface area contributed by atoms with Crippen LogP contribution in [0, 0.1) is 0 Å². The minimum Gasteiger partial charge on any atom is -0.466 e. The minimum absolute atomic E-state index is 0.0869. The van der Waals surface area contributed by atoms with Crippen molar-refractivity contribution in [1.82, 2.24) is 0 Å². The summed E-state index contributed by atoms with van der Waals surface area (Å²) in [6.07, 6.45) is 2.63. The van der Waals surface area contributed by atoms with E-state index < -0.39 is 12.2 Å². The third kappa shape index (κ3) is 15.8. The van der Waals surface area contributed by atoms with E-state index in [4.69, 9.17) is 14.9 Å². The van der Waals surface area contributed by atoms with E-state index in [2.05, 4.69) is 6.92 Å². The predicted octanol–water partition coefficient (Wildman–Crippen LogP) is 1.88. The molecule has 0 spiro atoms. The Kier molecular flexibility index (Phi) is 13.8. The quantitative estimate of drug-likeness (QED) is 0.544. The lowest BCUT2D eigenvalue weighted by atomic mass is 10.3. The highest BCUT2D eigenvalue weighted by atomic mass is 16.5. The van der Waals surface area contributed by atoms with E-state index in [9.17, 15) is 4.79 Å². The van der Waals surface area contributed by atoms with Crippen molar-refractivity contribution in [1.29, 1.82) is 0 Å². The van der Waals surface area contributed by atoms with Crippen LogP contribution in [-0.4, -0.2) is 35.0 Å². The molecule has 0 aliphatic rings. The summed E-state index contributed by atoms with van der Waals surface area (Å²) in [6.45, 7) is 7.62. The van der Waals surface area contributed by atoms with Crippen LogP contribution in [0.2, 0.25) is 0 Å². The molecule has 0 radical (unpaired) electrons. The van der Waals surface area contributed by atoms with Gasteiger partial charge in [0.15, 0.2) is 0 Å². The fourth-order valence-electron chi connectivity index (χ4n) is 0.640. The number of hydrogen-bond donors (Lipinski definition) is 2. The summed E-state index contributed by atoms with van der Waals surface area (Å²) in [7, 11) is 0. The SMILES string of the molecule is CC(O)C(C)O.CCCCCOC(=O)CC. The molecule has 0 saturated heterocycles. The Bertz CT molecular complexity index is 149. The molecule has 2 atom stereocenters. The standard InChI is InChI=1S/C8H16O2.C4H10O2/c1-3-5-6-7-10-8(9)4-2;1-3(5)4(2)6/h3-7H2,1-2H3;3-6H,1-2H3. The van der Waals surface area contributed by atoms with Gasteiger partial charge in [-0.25, -0.2) is 0 Å². The smallest absolute Gasteiger partial charge is 0.305 e. The average molecular weight is 234 g/mol. The molecular weight excluding hydrogens is 208 g/mol. The maximum Gasteiger partial charge on any atom is 0.305 e. The number of ether oxygens (including phenoxy) is 1. The van der Waals surface area contributed by atoms with Crippen LogP contribution < -0.4 is 0 Å². The second kappa shape index (κ2) is 12.5. The molecule has 0 heterocycles. The molecule has 0 aliphatic carbocycles. The zero-order valence-corrected chi connectivity index (χ0v) is 10.9. The van der Waals surface area contributed by atoms with Gasteiger partial charge in [0.05, 0.1) is 18.8 Å². The summed E-state index contributed by atoms with van der Waals surface area (Å²) in [6, 6.07) is 0. The number of unbranched alkanes of at least 4 members (excludes halogenated alkanes) is 2. The highest BCUT2D eigenvalue weighted by molar-refractivity contribution is 5.68. The van der Waals surface area contributed by atoms with E-state index >= 15 is 0 Å². The van der Waals surface area contributed by atoms with Gasteiger partial charge >= 0.3 is 5.97 Å². The van der Waals surface area contributed by atoms with Crippen molar-refractivity contribution in [3.05, 3.63) is 0 Å². The summed E-state index contributed by atoms with van der Waals surface area (Å²) in [5.74, 6) is -0.0869. The number of carbonyl (C=O) groups is 1. The Morgan fingerprint density at radius 3 is 1.94 bits per heavy atom. The Morgan fingerprint density at radius 1 is 1.12 bits per heavy atom. The minimum atomic E-state index is -0.593. The van der Waals surface area contributed by atoms with E-state index in [1.54, 1.807) is 13.8 Å². The molecule has 0 bridgehead atoms. The normalized spacial score (nSPS) is 13.4. The van der Waals surface area contributed by atoms with E-state index in [-0.39, 0.29) is 5.97 Å². The molecule has 2 N–H and O–H groups in total. The number of esters is 1. The highest BCUT2D eigenvalue weighted by Gasteiger charge is 1.99. The zero-order chi connectivity index (χ0) is 13.0. The van der Waals surface area contributed by atoms with Gasteiger partial charge in [0.2, 0.25) is 0 Å². The maximum atomic E-state index is 10.6. The van der Waals surface area contributed by atoms with Crippen LogP contribution in [0.1, 0.15) is 53.4 Å². The molecule has 2 unspecified atom stereocenters. The van der Waals surface area contributed by atoms with E-state index in [0.29, 0.717) is 13.0 Å². The van der Waals surface area contributed by atoms with Crippen LogP contribution in [0.5, 0.6) is 0 Å². The summed E-state index contributed by atoms with van der Waals surface area (Å²) in [5.41, 5.74) is 0. The van der Waals surface area contributed by atoms with Crippen molar-refractivity contribution in [2.24, 2.45) is 0 Å². The molecule has 0 rings (SSSR count). The Labute approximate surface area is 98.6 Å². The van der Waals surface area contributed by atoms with Crippen LogP contribution in [0.15, 0.2) is 0 Å². The van der Waals surface area contributed by atoms with Gasteiger partial charge in [-0.3, -0.25) is 4.79 Å². The number of carbonyl (C=O) groups excluding carboxylic acids is 1. The first kappa shape index (κ1) is 17.8. The fraction of sp³-hybridized carbons (Fsp3) is 0.917. The van der Waals surface area contributed by atoms with Crippen molar-refractivity contribution in [3.8, 4) is 0 Å². The monoisotopic (exact) mass is 234 g/mol. The van der Waals surface area contributed by atoms with Crippen molar-refractivity contribution >= 4 is 5.97 Å². The number of aliphatic hydroxyl groups excluding tert-OH is 2. The van der Waals surface area contributed by atoms with E-state index in [0.717, 1.165) is 12.8 Å². The molecule has 0 saturated carbocycles. The predicted molar refractivity (Wildman–Crippen MR) is 64.1 cm³/mol. The van der Waals surface area contributed by atoms with Gasteiger partial charge in [-0.2, -0.15) is 0 Å². The van der Waals surface area contributed by atoms with Crippen molar-refractivity contribution in [2.45, 2.75) is 65.6 Å². The molecule has 0 amide bonds. The topological polar surface area (TPSA) is 66.8 Å². The molecular formula is C12H26O4. The fourth-order valence-corrected chi connectivity index (χ4v) is 0.640. The number of rotatable bonds is 6. The zero-order valence-electron chi connectivity index (χ0n) is 10.9. The van der Waals surface area contributed by atoms with Crippen LogP contribution in [0.4, 0.5) is 0 Å². The van der Waals surface area contributed by atoms with Crippen molar-refractivity contribution < 1.29 is 19.7 Å². The second-order valence-corrected chi connectivity index (χ2v) is 3.76. The summed E-state index contributed by atoms with van der Waals surface area (Å²) in [4.78, 5) is 10.6. The second-order valence-electron chi connectivity index (χ2n) is 3.76. The molecule has 16 heavy (non-hydrogen) atoms. The molecule has 0 aromatic rings. The van der Waals surface area contributed by atoms with Crippen LogP contribution in [0.25, 0.3) is 0 Å². The first-order chi connectivity index (χ1) is 7.45. The molecule has 0 fully saturated rings. The molecule has 98 valence electrons. The Morgan fingerprint density at radius 2 is 1.62 bits per heavy atom. The van der Waals surface area contributed by atoms with Gasteiger partial charge in [-0.05, 0) is 20.3 Å². The number of hydrogen-bond acceptors (Lipinski definition) is 4. The molecule has 4 heteroatoms. The van der Waals surface area contributed by atoms with E-state index in [1.165, 1.54) is 6.42 Å². The van der Waals surface area contributed by atoms with Crippen molar-refractivity contribution in [3.63, 3.8) is 0 Å². The lowest BCUT2D eigenvalue weighted by Crippen LogP contribution is -2.17. The van der Waals surface area contributed by atoms with Gasteiger partial charge in [0.1, 0.15) is 0 Å². The molecule has 0 aromatic heterocycles. The molecule has 0 aromatic carbocycles. The lowest BCUT2D eigenvalue weighted by molar-refractivity contribution is -0.143. The maximum absolute atomic E-state index is 10.6. The first-order valence-corrected chi connectivity index (χ1v) is 5.97. The van der Waals surface area contributed by atoms with Gasteiger partial charge in [0.25, 0.3) is 0 Å². The summed E-state index contributed by atoms with van der Waals surface area (Å²) < 4.78 is 4.85. The third-order valence-electron chi connectivity index (χ3n) is 2.00. The first-order valence-electron chi connectivity index (χ1n) is 5.97. The Hall–Kier alpha value is -0.610. The number of aliphatic hydroxyl groups is 2. The van der Waals surface area contributed by atoms with Gasteiger partial charge in [-0.1, -0.05) is 26.7 Å². The van der Waals surface area contributed by atoms with Crippen molar-refractivity contribution in [2.75, 3.05) is 6.61 Å². The Balaban J connectivity index is 0. The van der Waals surface area contributed by atoms with Gasteiger partial charge in [0, 0.05) is 6.42 Å². The largest absolute Gasteiger partial charge is 0.466 e. The van der Waals surface area contributed by atoms with Crippen LogP contribution in [0.3, 0.4) is 0 Å². The average Bonchev–Trinajstić information content (AvgIpc) is 2.24. The third-order valence-corrected chi connectivity index (χ3v) is 2.00. The van der Waals surface area contributed by atoms with Crippen LogP contribution in [-0.2, 0) is 9.53 Å². The summed E-state index contributed by atoms with van der Waals surface area (Å²) >= 11 is 0. The van der Waals surface area contributed by atoms with Gasteiger partial charge in [-0.15, -0.1) is 0 Å². The summed E-state index contributed by atoms with van der Waals surface area (Å²) in [5, 5.41) is 16.8. The molecule has 0 aliphatic heterocycles. The molecule has 4 nitrogen and oxygen atoms in total. The van der Waals surface area contributed by atoms with Gasteiger partial charge < -0.3 is 14.9 Å². The van der Waals surface area contributed by atoms with Crippen LogP contribution >= 0.6 is 0 Å². The highest BCUT2D eigenvalue weighted by Crippen LogP contribution is 1.95.